The number of hydrogen-bond donors (Lipinski definition) is 1. The van der Waals surface area contributed by atoms with E-state index in [1.807, 2.05) is 55.5 Å². The van der Waals surface area contributed by atoms with Crippen LogP contribution in [0.15, 0.2) is 77.9 Å². The van der Waals surface area contributed by atoms with Gasteiger partial charge in [-0.2, -0.15) is 0 Å². The molecule has 2 aromatic rings. The van der Waals surface area contributed by atoms with Gasteiger partial charge in [-0.15, -0.1) is 0 Å². The maximum absolute atomic E-state index is 12.7. The Morgan fingerprint density at radius 3 is 2.29 bits per heavy atom. The summed E-state index contributed by atoms with van der Waals surface area (Å²) in [5, 5.41) is 2.89. The Balaban J connectivity index is 1.76. The Morgan fingerprint density at radius 1 is 1.00 bits per heavy atom. The Kier molecular flexibility index (Phi) is 4.38. The first-order chi connectivity index (χ1) is 11.6. The number of hydrogen-bond acceptors (Lipinski definition) is 3. The lowest BCUT2D eigenvalue weighted by molar-refractivity contribution is -0.122. The second kappa shape index (κ2) is 6.62. The van der Waals surface area contributed by atoms with Crippen LogP contribution in [0.5, 0.6) is 0 Å². The normalized spacial score (nSPS) is 19.5. The van der Waals surface area contributed by atoms with Crippen molar-refractivity contribution in [3.8, 4) is 0 Å². The van der Waals surface area contributed by atoms with E-state index in [1.54, 1.807) is 24.4 Å². The molecule has 0 spiro atoms. The van der Waals surface area contributed by atoms with Gasteiger partial charge in [-0.3, -0.25) is 14.6 Å². The molecule has 2 aromatic carbocycles. The summed E-state index contributed by atoms with van der Waals surface area (Å²) < 4.78 is 0. The van der Waals surface area contributed by atoms with Crippen LogP contribution in [0.3, 0.4) is 0 Å². The zero-order valence-corrected chi connectivity index (χ0v) is 13.4. The molecule has 0 fully saturated rings. The lowest BCUT2D eigenvalue weighted by Gasteiger charge is -2.27. The number of amides is 1. The summed E-state index contributed by atoms with van der Waals surface area (Å²) >= 11 is 0. The van der Waals surface area contributed by atoms with Crippen molar-refractivity contribution in [1.29, 1.82) is 0 Å². The Labute approximate surface area is 140 Å². The van der Waals surface area contributed by atoms with E-state index in [9.17, 15) is 9.59 Å². The Morgan fingerprint density at radius 2 is 1.62 bits per heavy atom. The second-order valence-electron chi connectivity index (χ2n) is 6.00. The number of aliphatic imine (C=N–C) groups is 1. The largest absolute Gasteiger partial charge is 0.325 e. The van der Waals surface area contributed by atoms with Gasteiger partial charge in [0.2, 0.25) is 11.7 Å². The molecule has 0 radical (unpaired) electrons. The van der Waals surface area contributed by atoms with Crippen LogP contribution in [0.2, 0.25) is 0 Å². The topological polar surface area (TPSA) is 58.5 Å². The molecule has 1 atom stereocenters. The molecule has 120 valence electrons. The van der Waals surface area contributed by atoms with E-state index in [0.29, 0.717) is 11.3 Å². The summed E-state index contributed by atoms with van der Waals surface area (Å²) in [5.41, 5.74) is 0.902. The molecule has 1 aliphatic heterocycles. The van der Waals surface area contributed by atoms with Gasteiger partial charge in [-0.25, -0.2) is 0 Å². The highest BCUT2D eigenvalue weighted by atomic mass is 16.2. The Bertz CT molecular complexity index is 810. The van der Waals surface area contributed by atoms with Crippen molar-refractivity contribution >= 4 is 23.1 Å². The summed E-state index contributed by atoms with van der Waals surface area (Å²) in [6.07, 6.45) is 3.56. The molecule has 0 saturated carbocycles. The van der Waals surface area contributed by atoms with Crippen LogP contribution >= 0.6 is 0 Å². The fraction of sp³-hybridized carbons (Fsp3) is 0.150. The predicted octanol–water partition coefficient (Wildman–Crippen LogP) is 3.87. The highest BCUT2D eigenvalue weighted by Gasteiger charge is 2.36. The molecule has 3 rings (SSSR count). The predicted molar refractivity (Wildman–Crippen MR) is 95.1 cm³/mol. The highest BCUT2D eigenvalue weighted by Crippen LogP contribution is 2.30. The van der Waals surface area contributed by atoms with Crippen molar-refractivity contribution in [3.05, 3.63) is 78.5 Å². The van der Waals surface area contributed by atoms with Crippen LogP contribution in [0.4, 0.5) is 5.69 Å². The molecule has 1 amide bonds. The molecule has 1 N–H and O–H groups in total. The molecule has 0 aromatic heterocycles. The summed E-state index contributed by atoms with van der Waals surface area (Å²) in [6.45, 7) is 1.81. The van der Waals surface area contributed by atoms with E-state index in [1.165, 1.54) is 0 Å². The zero-order chi connectivity index (χ0) is 17.0. The third kappa shape index (κ3) is 3.33. The summed E-state index contributed by atoms with van der Waals surface area (Å²) in [4.78, 5) is 29.4. The minimum Gasteiger partial charge on any atom is -0.325 e. The van der Waals surface area contributed by atoms with Gasteiger partial charge in [0.1, 0.15) is 0 Å². The van der Waals surface area contributed by atoms with Crippen LogP contribution in [0, 0.1) is 5.41 Å². The SMILES string of the molecule is CC1(C(=O)Nc2ccccc2)C=CN=C(C(=O)c2ccccc2)C1. The smallest absolute Gasteiger partial charge is 0.234 e. The first-order valence-electron chi connectivity index (χ1n) is 7.79. The van der Waals surface area contributed by atoms with E-state index in [4.69, 9.17) is 0 Å². The van der Waals surface area contributed by atoms with Gasteiger partial charge in [0.05, 0.1) is 11.1 Å². The van der Waals surface area contributed by atoms with Crippen molar-refractivity contribution in [2.24, 2.45) is 10.4 Å². The van der Waals surface area contributed by atoms with Gasteiger partial charge >= 0.3 is 0 Å². The van der Waals surface area contributed by atoms with Gasteiger partial charge in [0, 0.05) is 23.9 Å². The zero-order valence-electron chi connectivity index (χ0n) is 13.4. The minimum absolute atomic E-state index is 0.140. The molecule has 1 unspecified atom stereocenters. The molecule has 4 nitrogen and oxygen atoms in total. The first-order valence-corrected chi connectivity index (χ1v) is 7.79. The first kappa shape index (κ1) is 15.9. The number of anilines is 1. The molecule has 24 heavy (non-hydrogen) atoms. The number of carbonyl (C=O) groups is 2. The molecule has 4 heteroatoms. The van der Waals surface area contributed by atoms with Gasteiger partial charge in [0.25, 0.3) is 0 Å². The minimum atomic E-state index is -0.808. The quantitative estimate of drug-likeness (QED) is 0.870. The molecule has 0 bridgehead atoms. The lowest BCUT2D eigenvalue weighted by atomic mass is 9.80. The average molecular weight is 318 g/mol. The number of benzene rings is 2. The number of nitrogens with zero attached hydrogens (tertiary/aromatic N) is 1. The van der Waals surface area contributed by atoms with Crippen molar-refractivity contribution in [3.63, 3.8) is 0 Å². The van der Waals surface area contributed by atoms with Crippen LogP contribution in [-0.4, -0.2) is 17.4 Å². The van der Waals surface area contributed by atoms with Gasteiger partial charge in [0.15, 0.2) is 0 Å². The van der Waals surface area contributed by atoms with Gasteiger partial charge in [-0.05, 0) is 19.1 Å². The van der Waals surface area contributed by atoms with E-state index in [2.05, 4.69) is 10.3 Å². The van der Waals surface area contributed by atoms with Crippen molar-refractivity contribution in [2.75, 3.05) is 5.32 Å². The number of para-hydroxylation sites is 1. The molecule has 1 aliphatic rings. The fourth-order valence-corrected chi connectivity index (χ4v) is 2.59. The molecule has 1 heterocycles. The van der Waals surface area contributed by atoms with E-state index < -0.39 is 5.41 Å². The molecule has 0 saturated heterocycles. The number of ketones is 1. The number of carbonyl (C=O) groups excluding carboxylic acids is 2. The standard InChI is InChI=1S/C20H18N2O2/c1-20(19(24)22-16-10-6-3-7-11-16)12-13-21-17(14-20)18(23)15-8-4-2-5-9-15/h2-13H,14H2,1H3,(H,22,24). The lowest BCUT2D eigenvalue weighted by Crippen LogP contribution is -2.37. The molecular formula is C20H18N2O2. The third-order valence-corrected chi connectivity index (χ3v) is 4.06. The summed E-state index contributed by atoms with van der Waals surface area (Å²) in [7, 11) is 0. The Hall–Kier alpha value is -3.01. The number of Topliss-reactive ketones (excluding diaryl/α,β-unsaturated/α-hetero) is 1. The van der Waals surface area contributed by atoms with Crippen molar-refractivity contribution in [1.82, 2.24) is 0 Å². The summed E-state index contributed by atoms with van der Waals surface area (Å²) in [5.74, 6) is -0.295. The number of nitrogens with one attached hydrogen (secondary N) is 1. The summed E-state index contributed by atoms with van der Waals surface area (Å²) in [6, 6.07) is 18.3. The third-order valence-electron chi connectivity index (χ3n) is 4.06. The average Bonchev–Trinajstić information content (AvgIpc) is 2.63. The van der Waals surface area contributed by atoms with Crippen molar-refractivity contribution in [2.45, 2.75) is 13.3 Å². The van der Waals surface area contributed by atoms with Crippen molar-refractivity contribution < 1.29 is 9.59 Å². The van der Waals surface area contributed by atoms with E-state index in [-0.39, 0.29) is 18.1 Å². The highest BCUT2D eigenvalue weighted by molar-refractivity contribution is 6.46. The van der Waals surface area contributed by atoms with Gasteiger partial charge in [-0.1, -0.05) is 54.6 Å². The number of rotatable bonds is 4. The second-order valence-corrected chi connectivity index (χ2v) is 6.00. The molecular weight excluding hydrogens is 300 g/mol. The maximum Gasteiger partial charge on any atom is 0.234 e. The molecule has 0 aliphatic carbocycles. The monoisotopic (exact) mass is 318 g/mol. The van der Waals surface area contributed by atoms with E-state index >= 15 is 0 Å². The van der Waals surface area contributed by atoms with Crippen LogP contribution in [0.1, 0.15) is 23.7 Å². The van der Waals surface area contributed by atoms with Crippen LogP contribution in [0.25, 0.3) is 0 Å². The fourth-order valence-electron chi connectivity index (χ4n) is 2.59. The van der Waals surface area contributed by atoms with Gasteiger partial charge < -0.3 is 5.32 Å². The van der Waals surface area contributed by atoms with Crippen LogP contribution in [-0.2, 0) is 4.79 Å². The van der Waals surface area contributed by atoms with E-state index in [0.717, 1.165) is 5.69 Å². The van der Waals surface area contributed by atoms with Crippen LogP contribution < -0.4 is 5.32 Å². The maximum atomic E-state index is 12.7.